The number of fused-ring (bicyclic) bond motifs is 1. The number of hydrogen-bond donors (Lipinski definition) is 3. The number of carbonyl (C=O) groups excluding carboxylic acids is 2. The molecule has 144 valence electrons. The fourth-order valence-electron chi connectivity index (χ4n) is 2.92. The van der Waals surface area contributed by atoms with Crippen molar-refractivity contribution in [3.63, 3.8) is 0 Å². The highest BCUT2D eigenvalue weighted by Crippen LogP contribution is 2.32. The Hall–Kier alpha value is -3.20. The van der Waals surface area contributed by atoms with Gasteiger partial charge in [0.15, 0.2) is 5.13 Å². The van der Waals surface area contributed by atoms with Crippen LogP contribution in [0.2, 0.25) is 0 Å². The number of rotatable bonds is 5. The summed E-state index contributed by atoms with van der Waals surface area (Å²) in [6.07, 6.45) is 2.87. The molecule has 3 heterocycles. The third kappa shape index (κ3) is 4.04. The van der Waals surface area contributed by atoms with E-state index in [1.165, 1.54) is 17.5 Å². The van der Waals surface area contributed by atoms with Crippen LogP contribution in [0.4, 0.5) is 5.13 Å². The van der Waals surface area contributed by atoms with Gasteiger partial charge in [-0.25, -0.2) is 4.98 Å². The predicted octanol–water partition coefficient (Wildman–Crippen LogP) is 2.53. The van der Waals surface area contributed by atoms with Crippen molar-refractivity contribution < 1.29 is 14.3 Å². The van der Waals surface area contributed by atoms with Crippen LogP contribution in [-0.4, -0.2) is 41.4 Å². The molecule has 8 nitrogen and oxygen atoms in total. The lowest BCUT2D eigenvalue weighted by Gasteiger charge is -2.22. The summed E-state index contributed by atoms with van der Waals surface area (Å²) in [6.45, 7) is 0.610. The van der Waals surface area contributed by atoms with E-state index in [1.807, 2.05) is 18.2 Å². The normalized spacial score (nSPS) is 16.5. The van der Waals surface area contributed by atoms with E-state index in [-0.39, 0.29) is 17.9 Å². The quantitative estimate of drug-likeness (QED) is 0.611. The van der Waals surface area contributed by atoms with E-state index in [9.17, 15) is 9.59 Å². The van der Waals surface area contributed by atoms with E-state index in [0.717, 1.165) is 21.8 Å². The maximum Gasteiger partial charge on any atom is 0.269 e. The fourth-order valence-corrected chi connectivity index (χ4v) is 3.89. The van der Waals surface area contributed by atoms with Crippen LogP contribution in [0.3, 0.4) is 0 Å². The van der Waals surface area contributed by atoms with Gasteiger partial charge in [-0.2, -0.15) is 0 Å². The fraction of sp³-hybridized carbons (Fsp3) is 0.263. The number of piperidine rings is 1. The Labute approximate surface area is 165 Å². The van der Waals surface area contributed by atoms with Gasteiger partial charge in [-0.3, -0.25) is 14.6 Å². The van der Waals surface area contributed by atoms with Gasteiger partial charge in [-0.1, -0.05) is 11.3 Å². The first-order valence-corrected chi connectivity index (χ1v) is 9.72. The van der Waals surface area contributed by atoms with E-state index in [2.05, 4.69) is 25.9 Å². The number of aromatic nitrogens is 2. The summed E-state index contributed by atoms with van der Waals surface area (Å²) in [5.41, 5.74) is 1.17. The minimum atomic E-state index is -0.266. The molecule has 3 aromatic rings. The Bertz CT molecular complexity index is 1030. The van der Waals surface area contributed by atoms with E-state index < -0.39 is 0 Å². The van der Waals surface area contributed by atoms with Crippen LogP contribution in [-0.2, 0) is 4.79 Å². The second-order valence-electron chi connectivity index (χ2n) is 6.39. The van der Waals surface area contributed by atoms with E-state index >= 15 is 0 Å². The van der Waals surface area contributed by atoms with Crippen molar-refractivity contribution in [1.82, 2.24) is 20.6 Å². The molecule has 1 fully saturated rings. The lowest BCUT2D eigenvalue weighted by molar-refractivity contribution is -0.122. The molecular weight excluding hydrogens is 378 g/mol. The minimum Gasteiger partial charge on any atom is -0.457 e. The monoisotopic (exact) mass is 397 g/mol. The maximum absolute atomic E-state index is 11.7. The number of anilines is 1. The van der Waals surface area contributed by atoms with Crippen molar-refractivity contribution in [3.8, 4) is 11.5 Å². The Morgan fingerprint density at radius 3 is 2.93 bits per heavy atom. The lowest BCUT2D eigenvalue weighted by atomic mass is 10.1. The van der Waals surface area contributed by atoms with E-state index in [4.69, 9.17) is 4.74 Å². The molecule has 0 radical (unpaired) electrons. The van der Waals surface area contributed by atoms with Crippen molar-refractivity contribution in [2.24, 2.45) is 0 Å². The van der Waals surface area contributed by atoms with Crippen LogP contribution in [0.15, 0.2) is 36.5 Å². The third-order valence-corrected chi connectivity index (χ3v) is 5.33. The molecule has 1 saturated heterocycles. The van der Waals surface area contributed by atoms with Crippen LogP contribution < -0.4 is 20.7 Å². The van der Waals surface area contributed by atoms with Crippen LogP contribution in [0.5, 0.6) is 11.5 Å². The SMILES string of the molecule is CNC(=O)c1cc(Oc2ccc3nc(NC4CCC(=O)NC4)sc3c2)ccn1. The van der Waals surface area contributed by atoms with Gasteiger partial charge in [0.2, 0.25) is 5.91 Å². The number of pyridine rings is 1. The molecule has 1 aliphatic heterocycles. The van der Waals surface area contributed by atoms with Crippen LogP contribution in [0.1, 0.15) is 23.3 Å². The molecule has 0 spiro atoms. The van der Waals surface area contributed by atoms with Crippen molar-refractivity contribution in [3.05, 3.63) is 42.2 Å². The number of carbonyl (C=O) groups is 2. The summed E-state index contributed by atoms with van der Waals surface area (Å²) in [6, 6.07) is 9.14. The number of benzene rings is 1. The predicted molar refractivity (Wildman–Crippen MR) is 107 cm³/mol. The van der Waals surface area contributed by atoms with Crippen molar-refractivity contribution in [2.75, 3.05) is 18.9 Å². The summed E-state index contributed by atoms with van der Waals surface area (Å²) in [5, 5.41) is 9.61. The molecule has 2 aromatic heterocycles. The topological polar surface area (TPSA) is 105 Å². The van der Waals surface area contributed by atoms with Gasteiger partial charge in [-0.05, 0) is 24.6 Å². The lowest BCUT2D eigenvalue weighted by Crippen LogP contribution is -2.41. The van der Waals surface area contributed by atoms with E-state index in [0.29, 0.717) is 30.2 Å². The zero-order valence-electron chi connectivity index (χ0n) is 15.2. The molecule has 1 unspecified atom stereocenters. The van der Waals surface area contributed by atoms with Gasteiger partial charge in [0.25, 0.3) is 5.91 Å². The van der Waals surface area contributed by atoms with Crippen molar-refractivity contribution in [2.45, 2.75) is 18.9 Å². The first kappa shape index (κ1) is 18.2. The molecule has 9 heteroatoms. The summed E-state index contributed by atoms with van der Waals surface area (Å²) >= 11 is 1.54. The summed E-state index contributed by atoms with van der Waals surface area (Å²) in [4.78, 5) is 31.6. The third-order valence-electron chi connectivity index (χ3n) is 4.38. The highest BCUT2D eigenvalue weighted by molar-refractivity contribution is 7.22. The zero-order chi connectivity index (χ0) is 19.5. The van der Waals surface area contributed by atoms with Crippen LogP contribution in [0.25, 0.3) is 10.2 Å². The first-order chi connectivity index (χ1) is 13.6. The standard InChI is InChI=1S/C19H19N5O3S/c1-20-18(26)15-8-13(6-7-21-15)27-12-3-4-14-16(9-12)28-19(24-14)23-11-2-5-17(25)22-10-11/h3-4,6-9,11H,2,5,10H2,1H3,(H,20,26)(H,22,25)(H,23,24). The van der Waals surface area contributed by atoms with Crippen LogP contribution in [0, 0.1) is 0 Å². The Morgan fingerprint density at radius 2 is 2.14 bits per heavy atom. The number of hydrogen-bond acceptors (Lipinski definition) is 7. The molecule has 0 saturated carbocycles. The summed E-state index contributed by atoms with van der Waals surface area (Å²) in [7, 11) is 1.56. The molecular formula is C19H19N5O3S. The van der Waals surface area contributed by atoms with Gasteiger partial charge in [0.1, 0.15) is 17.2 Å². The highest BCUT2D eigenvalue weighted by atomic mass is 32.1. The largest absolute Gasteiger partial charge is 0.457 e. The average Bonchev–Trinajstić information content (AvgIpc) is 3.11. The molecule has 0 aliphatic carbocycles. The van der Waals surface area contributed by atoms with E-state index in [1.54, 1.807) is 19.2 Å². The van der Waals surface area contributed by atoms with Gasteiger partial charge in [0.05, 0.1) is 10.2 Å². The van der Waals surface area contributed by atoms with Crippen molar-refractivity contribution >= 4 is 38.5 Å². The number of thiazole rings is 1. The van der Waals surface area contributed by atoms with Crippen LogP contribution >= 0.6 is 11.3 Å². The molecule has 4 rings (SSSR count). The maximum atomic E-state index is 11.7. The average molecular weight is 397 g/mol. The molecule has 0 bridgehead atoms. The highest BCUT2D eigenvalue weighted by Gasteiger charge is 2.19. The van der Waals surface area contributed by atoms with Crippen molar-refractivity contribution in [1.29, 1.82) is 0 Å². The van der Waals surface area contributed by atoms with Gasteiger partial charge < -0.3 is 20.7 Å². The van der Waals surface area contributed by atoms with Gasteiger partial charge in [-0.15, -0.1) is 0 Å². The Morgan fingerprint density at radius 1 is 1.29 bits per heavy atom. The molecule has 28 heavy (non-hydrogen) atoms. The number of nitrogens with zero attached hydrogens (tertiary/aromatic N) is 2. The molecule has 2 amide bonds. The zero-order valence-corrected chi connectivity index (χ0v) is 16.0. The first-order valence-electron chi connectivity index (χ1n) is 8.90. The molecule has 1 atom stereocenters. The second kappa shape index (κ2) is 7.81. The van der Waals surface area contributed by atoms with Gasteiger partial charge in [0, 0.05) is 44.4 Å². The molecule has 1 aliphatic rings. The number of amides is 2. The summed E-state index contributed by atoms with van der Waals surface area (Å²) < 4.78 is 6.87. The number of ether oxygens (including phenoxy) is 1. The van der Waals surface area contributed by atoms with Gasteiger partial charge >= 0.3 is 0 Å². The second-order valence-corrected chi connectivity index (χ2v) is 7.42. The Balaban J connectivity index is 1.49. The smallest absolute Gasteiger partial charge is 0.269 e. The minimum absolute atomic E-state index is 0.0971. The number of nitrogens with one attached hydrogen (secondary N) is 3. The molecule has 3 N–H and O–H groups in total. The molecule has 1 aromatic carbocycles. The Kier molecular flexibility index (Phi) is 5.07. The summed E-state index contributed by atoms with van der Waals surface area (Å²) in [5.74, 6) is 1.02.